The molecule has 34 heavy (non-hydrogen) atoms. The Hall–Kier alpha value is -3.51. The minimum absolute atomic E-state index is 0.185. The molecule has 0 spiro atoms. The summed E-state index contributed by atoms with van der Waals surface area (Å²) in [6.07, 6.45) is 0. The second kappa shape index (κ2) is 9.39. The van der Waals surface area contributed by atoms with Crippen molar-refractivity contribution in [3.63, 3.8) is 0 Å². The van der Waals surface area contributed by atoms with E-state index in [9.17, 15) is 9.90 Å². The van der Waals surface area contributed by atoms with Gasteiger partial charge in [0.25, 0.3) is 0 Å². The molecule has 0 aliphatic carbocycles. The first-order valence-electron chi connectivity index (χ1n) is 12.0. The van der Waals surface area contributed by atoms with Crippen LogP contribution in [0.25, 0.3) is 0 Å². The molecule has 6 nitrogen and oxygen atoms in total. The lowest BCUT2D eigenvalue weighted by Crippen LogP contribution is -2.43. The maximum Gasteiger partial charge on any atom is 0.336 e. The molecule has 0 aromatic heterocycles. The Bertz CT molecular complexity index is 1140. The summed E-state index contributed by atoms with van der Waals surface area (Å²) in [6, 6.07) is 19.0. The minimum Gasteiger partial charge on any atom is -0.478 e. The molecule has 178 valence electrons. The molecule has 3 N–H and O–H groups in total. The van der Waals surface area contributed by atoms with Crippen molar-refractivity contribution >= 4 is 17.3 Å². The molecule has 3 aromatic carbocycles. The topological polar surface area (TPSA) is 79.0 Å². The number of carboxylic acid groups (broad SMARTS) is 1. The van der Waals surface area contributed by atoms with E-state index < -0.39 is 11.5 Å². The van der Waals surface area contributed by atoms with Crippen molar-refractivity contribution in [3.05, 3.63) is 82.9 Å². The van der Waals surface area contributed by atoms with Crippen LogP contribution in [0.5, 0.6) is 11.5 Å². The fraction of sp³-hybridized carbons (Fsp3) is 0.321. The van der Waals surface area contributed by atoms with Crippen LogP contribution >= 0.6 is 0 Å². The van der Waals surface area contributed by atoms with Crippen LogP contribution in [0.1, 0.15) is 54.7 Å². The SMILES string of the molecule is CCN(CC)c1ccc2c(c1)Oc1cc(N(CC)CC)ccc1C2(N)c1ccccc1C(=O)O. The fourth-order valence-electron chi connectivity index (χ4n) is 4.98. The van der Waals surface area contributed by atoms with Gasteiger partial charge >= 0.3 is 5.97 Å². The number of hydrogen-bond acceptors (Lipinski definition) is 5. The highest BCUT2D eigenvalue weighted by Gasteiger charge is 2.43. The standard InChI is InChI=1S/C28H33N3O3/c1-5-30(6-2)19-13-15-23-25(17-19)34-26-18-20(31(7-3)8-4)14-16-24(26)28(23,29)22-12-10-9-11-21(22)27(32)33/h9-18H,5-8,29H2,1-4H3,(H,32,33). The third-order valence-corrected chi connectivity index (χ3v) is 6.84. The molecular weight excluding hydrogens is 426 g/mol. The van der Waals surface area contributed by atoms with E-state index in [0.717, 1.165) is 48.7 Å². The Morgan fingerprint density at radius 1 is 0.794 bits per heavy atom. The van der Waals surface area contributed by atoms with E-state index in [1.54, 1.807) is 18.2 Å². The van der Waals surface area contributed by atoms with Gasteiger partial charge in [0.05, 0.1) is 5.56 Å². The summed E-state index contributed by atoms with van der Waals surface area (Å²) < 4.78 is 6.47. The van der Waals surface area contributed by atoms with Crippen molar-refractivity contribution in [2.45, 2.75) is 33.2 Å². The lowest BCUT2D eigenvalue weighted by molar-refractivity contribution is 0.0694. The van der Waals surface area contributed by atoms with Gasteiger partial charge in [0.1, 0.15) is 17.0 Å². The van der Waals surface area contributed by atoms with Crippen LogP contribution in [0.2, 0.25) is 0 Å². The second-order valence-electron chi connectivity index (χ2n) is 8.47. The largest absolute Gasteiger partial charge is 0.478 e. The third kappa shape index (κ3) is 3.78. The van der Waals surface area contributed by atoms with Crippen LogP contribution in [-0.4, -0.2) is 37.3 Å². The summed E-state index contributed by atoms with van der Waals surface area (Å²) in [5.41, 5.74) is 10.4. The predicted octanol–water partition coefficient (Wildman–Crippen LogP) is 5.43. The highest BCUT2D eigenvalue weighted by molar-refractivity contribution is 5.91. The molecule has 3 aromatic rings. The maximum atomic E-state index is 12.2. The number of ether oxygens (including phenoxy) is 1. The van der Waals surface area contributed by atoms with Gasteiger partial charge in [-0.25, -0.2) is 4.79 Å². The van der Waals surface area contributed by atoms with E-state index in [0.29, 0.717) is 17.1 Å². The quantitative estimate of drug-likeness (QED) is 0.467. The lowest BCUT2D eigenvalue weighted by atomic mass is 9.74. The van der Waals surface area contributed by atoms with Gasteiger partial charge in [-0.1, -0.05) is 30.3 Å². The van der Waals surface area contributed by atoms with Gasteiger partial charge in [0, 0.05) is 60.8 Å². The van der Waals surface area contributed by atoms with E-state index in [1.807, 2.05) is 42.5 Å². The maximum absolute atomic E-state index is 12.2. The molecular formula is C28H33N3O3. The number of rotatable bonds is 8. The Labute approximate surface area is 201 Å². The zero-order valence-corrected chi connectivity index (χ0v) is 20.3. The molecule has 0 atom stereocenters. The van der Waals surface area contributed by atoms with E-state index in [4.69, 9.17) is 10.5 Å². The number of hydrogen-bond donors (Lipinski definition) is 2. The monoisotopic (exact) mass is 459 g/mol. The number of fused-ring (bicyclic) bond motifs is 2. The Kier molecular flexibility index (Phi) is 6.53. The van der Waals surface area contributed by atoms with Crippen LogP contribution < -0.4 is 20.3 Å². The van der Waals surface area contributed by atoms with Crippen LogP contribution in [0.15, 0.2) is 60.7 Å². The van der Waals surface area contributed by atoms with E-state index >= 15 is 0 Å². The smallest absolute Gasteiger partial charge is 0.336 e. The molecule has 6 heteroatoms. The number of nitrogens with zero attached hydrogens (tertiary/aromatic N) is 2. The van der Waals surface area contributed by atoms with Gasteiger partial charge in [-0.2, -0.15) is 0 Å². The first kappa shape index (κ1) is 23.6. The predicted molar refractivity (Wildman–Crippen MR) is 138 cm³/mol. The average molecular weight is 460 g/mol. The van der Waals surface area contributed by atoms with Crippen molar-refractivity contribution < 1.29 is 14.6 Å². The van der Waals surface area contributed by atoms with Crippen molar-refractivity contribution in [3.8, 4) is 11.5 Å². The molecule has 0 bridgehead atoms. The van der Waals surface area contributed by atoms with Crippen LogP contribution in [0.4, 0.5) is 11.4 Å². The first-order chi connectivity index (χ1) is 16.4. The van der Waals surface area contributed by atoms with E-state index in [-0.39, 0.29) is 5.56 Å². The van der Waals surface area contributed by atoms with Crippen molar-refractivity contribution in [2.24, 2.45) is 5.73 Å². The Morgan fingerprint density at radius 2 is 1.26 bits per heavy atom. The highest BCUT2D eigenvalue weighted by atomic mass is 16.5. The van der Waals surface area contributed by atoms with E-state index in [2.05, 4.69) is 37.5 Å². The molecule has 0 saturated carbocycles. The molecule has 0 amide bonds. The zero-order chi connectivity index (χ0) is 24.5. The number of benzene rings is 3. The molecule has 1 aliphatic heterocycles. The van der Waals surface area contributed by atoms with Gasteiger partial charge in [-0.3, -0.25) is 0 Å². The average Bonchev–Trinajstić information content (AvgIpc) is 2.85. The van der Waals surface area contributed by atoms with Crippen LogP contribution in [-0.2, 0) is 5.54 Å². The Morgan fingerprint density at radius 3 is 1.71 bits per heavy atom. The zero-order valence-electron chi connectivity index (χ0n) is 20.3. The fourth-order valence-corrected chi connectivity index (χ4v) is 4.98. The van der Waals surface area contributed by atoms with Gasteiger partial charge < -0.3 is 25.4 Å². The molecule has 1 aliphatic rings. The molecule has 1 heterocycles. The van der Waals surface area contributed by atoms with Gasteiger partial charge in [0.15, 0.2) is 0 Å². The minimum atomic E-state index is -1.18. The number of nitrogens with two attached hydrogens (primary N) is 1. The first-order valence-corrected chi connectivity index (χ1v) is 12.0. The van der Waals surface area contributed by atoms with Crippen molar-refractivity contribution in [1.82, 2.24) is 0 Å². The molecule has 0 unspecified atom stereocenters. The number of aromatic carboxylic acids is 1. The highest BCUT2D eigenvalue weighted by Crippen LogP contribution is 2.51. The molecule has 0 fully saturated rings. The van der Waals surface area contributed by atoms with Gasteiger partial charge in [-0.05, 0) is 51.5 Å². The lowest BCUT2D eigenvalue weighted by Gasteiger charge is -2.39. The summed E-state index contributed by atoms with van der Waals surface area (Å²) in [7, 11) is 0. The normalized spacial score (nSPS) is 13.4. The van der Waals surface area contributed by atoms with Gasteiger partial charge in [0.2, 0.25) is 0 Å². The summed E-state index contributed by atoms with van der Waals surface area (Å²) in [6.45, 7) is 11.9. The number of anilines is 2. The molecule has 0 saturated heterocycles. The number of carbonyl (C=O) groups is 1. The van der Waals surface area contributed by atoms with E-state index in [1.165, 1.54) is 0 Å². The van der Waals surface area contributed by atoms with Crippen LogP contribution in [0.3, 0.4) is 0 Å². The van der Waals surface area contributed by atoms with Gasteiger partial charge in [-0.15, -0.1) is 0 Å². The number of carboxylic acids is 1. The van der Waals surface area contributed by atoms with Crippen LogP contribution in [0, 0.1) is 0 Å². The summed E-state index contributed by atoms with van der Waals surface area (Å²) >= 11 is 0. The Balaban J connectivity index is 1.99. The molecule has 4 rings (SSSR count). The second-order valence-corrected chi connectivity index (χ2v) is 8.47. The molecule has 0 radical (unpaired) electrons. The summed E-state index contributed by atoms with van der Waals surface area (Å²) in [5.74, 6) is 0.294. The third-order valence-electron chi connectivity index (χ3n) is 6.84. The van der Waals surface area contributed by atoms with Crippen molar-refractivity contribution in [2.75, 3.05) is 36.0 Å². The summed E-state index contributed by atoms with van der Waals surface area (Å²) in [5, 5.41) is 9.97. The summed E-state index contributed by atoms with van der Waals surface area (Å²) in [4.78, 5) is 16.7. The van der Waals surface area contributed by atoms with Crippen molar-refractivity contribution in [1.29, 1.82) is 0 Å².